The number of fused-ring (bicyclic) bond motifs is 1. The molecule has 3 rings (SSSR count). The summed E-state index contributed by atoms with van der Waals surface area (Å²) in [5, 5.41) is 6.65. The molecule has 0 aliphatic carbocycles. The van der Waals surface area contributed by atoms with E-state index >= 15 is 0 Å². The smallest absolute Gasteiger partial charge is 0.336 e. The summed E-state index contributed by atoms with van der Waals surface area (Å²) in [6, 6.07) is 14.7. The fourth-order valence-electron chi connectivity index (χ4n) is 3.40. The van der Waals surface area contributed by atoms with Crippen LogP contribution in [0.4, 0.5) is 5.69 Å². The third-order valence-electron chi connectivity index (χ3n) is 5.09. The zero-order valence-corrected chi connectivity index (χ0v) is 18.3. The number of amides is 1. The van der Waals surface area contributed by atoms with E-state index < -0.39 is 11.7 Å². The predicted octanol–water partition coefficient (Wildman–Crippen LogP) is 1.93. The highest BCUT2D eigenvalue weighted by molar-refractivity contribution is 5.99. The van der Waals surface area contributed by atoms with E-state index in [2.05, 4.69) is 15.6 Å². The van der Waals surface area contributed by atoms with Gasteiger partial charge < -0.3 is 21.2 Å². The standard InChI is InChI=1S/C24H27N5O4/c1-15-12-22(31)33-21-13-17(9-10-18(15)21)29-23(32)19(8-5-11-27-24(25)26)28-14-20(30)16-6-3-2-4-7-16/h2-4,6-7,9-10,12-13,19,28H,5,8,11,14H2,1H3,(H,29,32)(H4,25,26,27)/t19-/m0/s1. The Kier molecular flexibility index (Phi) is 7.93. The summed E-state index contributed by atoms with van der Waals surface area (Å²) in [5.74, 6) is -0.466. The Labute approximate surface area is 190 Å². The van der Waals surface area contributed by atoms with Crippen LogP contribution in [0.15, 0.2) is 68.8 Å². The number of nitrogens with zero attached hydrogens (tertiary/aromatic N) is 1. The van der Waals surface area contributed by atoms with Gasteiger partial charge in [-0.3, -0.25) is 19.9 Å². The Bertz CT molecular complexity index is 1220. The molecular formula is C24H27N5O4. The van der Waals surface area contributed by atoms with Crippen molar-refractivity contribution in [2.24, 2.45) is 16.5 Å². The molecule has 1 atom stereocenters. The van der Waals surface area contributed by atoms with Crippen LogP contribution in [0.3, 0.4) is 0 Å². The van der Waals surface area contributed by atoms with Crippen molar-refractivity contribution in [2.75, 3.05) is 18.4 Å². The third-order valence-corrected chi connectivity index (χ3v) is 5.09. The van der Waals surface area contributed by atoms with Crippen molar-refractivity contribution in [1.82, 2.24) is 5.32 Å². The first kappa shape index (κ1) is 23.7. The van der Waals surface area contributed by atoms with E-state index in [9.17, 15) is 14.4 Å². The van der Waals surface area contributed by atoms with Crippen molar-refractivity contribution in [3.63, 3.8) is 0 Å². The van der Waals surface area contributed by atoms with Crippen LogP contribution in [0.1, 0.15) is 28.8 Å². The van der Waals surface area contributed by atoms with Gasteiger partial charge in [0, 0.05) is 35.3 Å². The number of aryl methyl sites for hydroxylation is 1. The van der Waals surface area contributed by atoms with Crippen LogP contribution in [0.5, 0.6) is 0 Å². The minimum atomic E-state index is -0.660. The second kappa shape index (κ2) is 11.1. The molecule has 1 amide bonds. The van der Waals surface area contributed by atoms with Gasteiger partial charge in [0.25, 0.3) is 0 Å². The highest BCUT2D eigenvalue weighted by Crippen LogP contribution is 2.21. The van der Waals surface area contributed by atoms with Gasteiger partial charge in [-0.1, -0.05) is 30.3 Å². The fourth-order valence-corrected chi connectivity index (χ4v) is 3.40. The number of anilines is 1. The van der Waals surface area contributed by atoms with E-state index in [4.69, 9.17) is 15.9 Å². The van der Waals surface area contributed by atoms with Gasteiger partial charge in [0.15, 0.2) is 11.7 Å². The van der Waals surface area contributed by atoms with Crippen molar-refractivity contribution < 1.29 is 14.0 Å². The molecule has 0 bridgehead atoms. The average Bonchev–Trinajstić information content (AvgIpc) is 2.78. The van der Waals surface area contributed by atoms with Gasteiger partial charge in [0.1, 0.15) is 5.58 Å². The van der Waals surface area contributed by atoms with Crippen LogP contribution >= 0.6 is 0 Å². The summed E-state index contributed by atoms with van der Waals surface area (Å²) in [4.78, 5) is 41.1. The highest BCUT2D eigenvalue weighted by Gasteiger charge is 2.20. The first-order valence-electron chi connectivity index (χ1n) is 10.6. The second-order valence-electron chi connectivity index (χ2n) is 7.62. The summed E-state index contributed by atoms with van der Waals surface area (Å²) in [7, 11) is 0. The minimum Gasteiger partial charge on any atom is -0.423 e. The summed E-state index contributed by atoms with van der Waals surface area (Å²) >= 11 is 0. The zero-order chi connectivity index (χ0) is 23.8. The Hall–Kier alpha value is -3.98. The number of rotatable bonds is 10. The van der Waals surface area contributed by atoms with Crippen molar-refractivity contribution in [2.45, 2.75) is 25.8 Å². The molecule has 2 aromatic carbocycles. The number of Topliss-reactive ketones (excluding diaryl/α,β-unsaturated/α-hetero) is 1. The Morgan fingerprint density at radius 3 is 2.58 bits per heavy atom. The molecule has 1 aromatic heterocycles. The third kappa shape index (κ3) is 6.75. The lowest BCUT2D eigenvalue weighted by molar-refractivity contribution is -0.118. The van der Waals surface area contributed by atoms with Gasteiger partial charge in [0.2, 0.25) is 5.91 Å². The number of nitrogens with two attached hydrogens (primary N) is 2. The minimum absolute atomic E-state index is 0.00378. The van der Waals surface area contributed by atoms with E-state index in [0.29, 0.717) is 36.2 Å². The van der Waals surface area contributed by atoms with Crippen LogP contribution in [-0.2, 0) is 4.79 Å². The van der Waals surface area contributed by atoms with E-state index in [-0.39, 0.29) is 24.2 Å². The van der Waals surface area contributed by atoms with Crippen LogP contribution in [0.2, 0.25) is 0 Å². The van der Waals surface area contributed by atoms with E-state index in [1.165, 1.54) is 6.07 Å². The molecule has 172 valence electrons. The van der Waals surface area contributed by atoms with Crippen LogP contribution in [0, 0.1) is 6.92 Å². The van der Waals surface area contributed by atoms with Crippen molar-refractivity contribution in [3.05, 3.63) is 76.1 Å². The van der Waals surface area contributed by atoms with Gasteiger partial charge in [-0.05, 0) is 37.5 Å². The summed E-state index contributed by atoms with van der Waals surface area (Å²) in [5.41, 5.74) is 12.5. The van der Waals surface area contributed by atoms with Gasteiger partial charge in [-0.25, -0.2) is 4.79 Å². The quantitative estimate of drug-likeness (QED) is 0.121. The van der Waals surface area contributed by atoms with E-state index in [1.807, 2.05) is 13.0 Å². The highest BCUT2D eigenvalue weighted by atomic mass is 16.4. The second-order valence-corrected chi connectivity index (χ2v) is 7.62. The topological polar surface area (TPSA) is 153 Å². The van der Waals surface area contributed by atoms with Gasteiger partial charge in [0.05, 0.1) is 12.6 Å². The number of nitrogens with one attached hydrogen (secondary N) is 2. The number of guanidine groups is 1. The molecule has 0 spiro atoms. The molecule has 6 N–H and O–H groups in total. The fraction of sp³-hybridized carbons (Fsp3) is 0.250. The molecule has 1 heterocycles. The lowest BCUT2D eigenvalue weighted by Crippen LogP contribution is -2.43. The molecule has 0 fully saturated rings. The van der Waals surface area contributed by atoms with Crippen molar-refractivity contribution in [3.8, 4) is 0 Å². The first-order chi connectivity index (χ1) is 15.8. The maximum Gasteiger partial charge on any atom is 0.336 e. The summed E-state index contributed by atoms with van der Waals surface area (Å²) < 4.78 is 5.25. The lowest BCUT2D eigenvalue weighted by Gasteiger charge is -2.18. The Balaban J connectivity index is 1.71. The number of carbonyl (C=O) groups excluding carboxylic acids is 2. The molecule has 0 saturated heterocycles. The first-order valence-corrected chi connectivity index (χ1v) is 10.6. The number of aliphatic imine (C=N–C) groups is 1. The SMILES string of the molecule is Cc1cc(=O)oc2cc(NC(=O)[C@H](CCCN=C(N)N)NCC(=O)c3ccccc3)ccc12. The maximum absolute atomic E-state index is 13.0. The number of ketones is 1. The van der Waals surface area contributed by atoms with Gasteiger partial charge in [-0.15, -0.1) is 0 Å². The molecule has 0 aliphatic heterocycles. The number of benzene rings is 2. The molecule has 0 saturated carbocycles. The molecule has 3 aromatic rings. The maximum atomic E-state index is 13.0. The van der Waals surface area contributed by atoms with E-state index in [0.717, 1.165) is 10.9 Å². The number of hydrogen-bond acceptors (Lipinski definition) is 6. The van der Waals surface area contributed by atoms with Crippen molar-refractivity contribution >= 4 is 34.3 Å². The molecule has 0 unspecified atom stereocenters. The number of carbonyl (C=O) groups is 2. The van der Waals surface area contributed by atoms with E-state index in [1.54, 1.807) is 42.5 Å². The van der Waals surface area contributed by atoms with Crippen LogP contribution in [-0.4, -0.2) is 36.8 Å². The Morgan fingerprint density at radius 2 is 1.85 bits per heavy atom. The predicted molar refractivity (Wildman–Crippen MR) is 128 cm³/mol. The number of hydrogen-bond donors (Lipinski definition) is 4. The van der Waals surface area contributed by atoms with Gasteiger partial charge >= 0.3 is 5.63 Å². The van der Waals surface area contributed by atoms with Gasteiger partial charge in [-0.2, -0.15) is 0 Å². The largest absolute Gasteiger partial charge is 0.423 e. The molecule has 0 radical (unpaired) electrons. The van der Waals surface area contributed by atoms with Crippen LogP contribution < -0.4 is 27.7 Å². The molecular weight excluding hydrogens is 422 g/mol. The zero-order valence-electron chi connectivity index (χ0n) is 18.3. The Morgan fingerprint density at radius 1 is 1.09 bits per heavy atom. The molecule has 9 nitrogen and oxygen atoms in total. The average molecular weight is 450 g/mol. The van der Waals surface area contributed by atoms with Crippen molar-refractivity contribution in [1.29, 1.82) is 0 Å². The normalized spacial score (nSPS) is 11.7. The molecule has 9 heteroatoms. The monoisotopic (exact) mass is 449 g/mol. The lowest BCUT2D eigenvalue weighted by atomic mass is 10.1. The molecule has 0 aliphatic rings. The summed E-state index contributed by atoms with van der Waals surface area (Å²) in [6.07, 6.45) is 0.945. The molecule has 33 heavy (non-hydrogen) atoms. The van der Waals surface area contributed by atoms with Crippen LogP contribution in [0.25, 0.3) is 11.0 Å². The summed E-state index contributed by atoms with van der Waals surface area (Å²) in [6.45, 7) is 2.18.